The van der Waals surface area contributed by atoms with Crippen molar-refractivity contribution < 1.29 is 13.9 Å². The van der Waals surface area contributed by atoms with Crippen molar-refractivity contribution in [3.05, 3.63) is 35.5 Å². The van der Waals surface area contributed by atoms with Crippen molar-refractivity contribution in [2.24, 2.45) is 5.92 Å². The maximum absolute atomic E-state index is 14.9. The minimum Gasteiger partial charge on any atom is -0.398 e. The number of carbonyl (C=O) groups is 1. The maximum Gasteiger partial charge on any atom is 0.165 e. The number of nitrogen functional groups attached to an aromatic ring is 1. The highest BCUT2D eigenvalue weighted by atomic mass is 19.1. The summed E-state index contributed by atoms with van der Waals surface area (Å²) in [6.45, 7) is 5.34. The van der Waals surface area contributed by atoms with Gasteiger partial charge in [-0.25, -0.2) is 4.39 Å². The van der Waals surface area contributed by atoms with Crippen LogP contribution >= 0.6 is 0 Å². The molecule has 4 rings (SSSR count). The number of fused-ring (bicyclic) bond motifs is 1. The fourth-order valence-corrected chi connectivity index (χ4v) is 4.82. The molecule has 2 aliphatic heterocycles. The highest BCUT2D eigenvalue weighted by Crippen LogP contribution is 2.31. The molecule has 0 atom stereocenters. The van der Waals surface area contributed by atoms with Gasteiger partial charge in [-0.1, -0.05) is 0 Å². The van der Waals surface area contributed by atoms with E-state index < -0.39 is 5.67 Å². The van der Waals surface area contributed by atoms with Crippen molar-refractivity contribution in [3.63, 3.8) is 0 Å². The first-order valence-corrected chi connectivity index (χ1v) is 11.1. The minimum absolute atomic E-state index is 0.133. The Kier molecular flexibility index (Phi) is 6.34. The Morgan fingerprint density at radius 2 is 2.07 bits per heavy atom. The van der Waals surface area contributed by atoms with Crippen molar-refractivity contribution in [1.82, 2.24) is 9.88 Å². The second-order valence-corrected chi connectivity index (χ2v) is 9.00. The molecule has 2 aliphatic rings. The zero-order valence-corrected chi connectivity index (χ0v) is 17.8. The van der Waals surface area contributed by atoms with Gasteiger partial charge in [-0.15, -0.1) is 0 Å². The summed E-state index contributed by atoms with van der Waals surface area (Å²) in [5.41, 5.74) is 8.07. The van der Waals surface area contributed by atoms with Crippen LogP contribution in [0.1, 0.15) is 54.4 Å². The summed E-state index contributed by atoms with van der Waals surface area (Å²) < 4.78 is 20.2. The zero-order valence-electron chi connectivity index (χ0n) is 17.8. The molecule has 0 radical (unpaired) electrons. The molecule has 30 heavy (non-hydrogen) atoms. The smallest absolute Gasteiger partial charge is 0.165 e. The second-order valence-electron chi connectivity index (χ2n) is 9.00. The Labute approximate surface area is 177 Å². The van der Waals surface area contributed by atoms with Gasteiger partial charge in [0.25, 0.3) is 0 Å². The molecular formula is C24H32FN3O2. The van der Waals surface area contributed by atoms with E-state index in [4.69, 9.17) is 10.5 Å². The first-order valence-electron chi connectivity index (χ1n) is 11.1. The quantitative estimate of drug-likeness (QED) is 0.564. The number of anilines is 1. The Bertz CT molecular complexity index is 903. The third-order valence-corrected chi connectivity index (χ3v) is 6.82. The maximum atomic E-state index is 14.9. The Morgan fingerprint density at radius 1 is 1.33 bits per heavy atom. The van der Waals surface area contributed by atoms with Crippen LogP contribution in [0.4, 0.5) is 10.1 Å². The minimum atomic E-state index is -1.10. The Morgan fingerprint density at radius 3 is 2.80 bits per heavy atom. The van der Waals surface area contributed by atoms with Gasteiger partial charge < -0.3 is 15.4 Å². The molecule has 2 saturated heterocycles. The number of aromatic nitrogens is 1. The first-order chi connectivity index (χ1) is 14.5. The average Bonchev–Trinajstić information content (AvgIpc) is 2.76. The lowest BCUT2D eigenvalue weighted by Gasteiger charge is -2.38. The lowest BCUT2D eigenvalue weighted by molar-refractivity contribution is -0.0316. The first kappa shape index (κ1) is 21.2. The predicted octanol–water partition coefficient (Wildman–Crippen LogP) is 4.32. The van der Waals surface area contributed by atoms with Crippen LogP contribution < -0.4 is 5.73 Å². The van der Waals surface area contributed by atoms with Crippen LogP contribution in [0.3, 0.4) is 0 Å². The van der Waals surface area contributed by atoms with E-state index in [1.165, 1.54) is 0 Å². The normalized spacial score (nSPS) is 20.5. The molecule has 3 heterocycles. The summed E-state index contributed by atoms with van der Waals surface area (Å²) in [5, 5.41) is 0.849. The van der Waals surface area contributed by atoms with Gasteiger partial charge in [0, 0.05) is 61.9 Å². The summed E-state index contributed by atoms with van der Waals surface area (Å²) in [5.74, 6) is 0.652. The average molecular weight is 414 g/mol. The third-order valence-electron chi connectivity index (χ3n) is 6.82. The van der Waals surface area contributed by atoms with Crippen LogP contribution in [0.15, 0.2) is 24.4 Å². The number of alkyl halides is 1. The monoisotopic (exact) mass is 413 g/mol. The van der Waals surface area contributed by atoms with E-state index in [2.05, 4.69) is 9.88 Å². The van der Waals surface area contributed by atoms with E-state index in [9.17, 15) is 9.18 Å². The molecule has 5 nitrogen and oxygen atoms in total. The molecule has 1 aromatic carbocycles. The number of ether oxygens (including phenoxy) is 1. The molecule has 0 unspecified atom stereocenters. The molecule has 6 heteroatoms. The summed E-state index contributed by atoms with van der Waals surface area (Å²) in [7, 11) is 0. The lowest BCUT2D eigenvalue weighted by Crippen LogP contribution is -2.46. The van der Waals surface area contributed by atoms with E-state index >= 15 is 0 Å². The van der Waals surface area contributed by atoms with Gasteiger partial charge >= 0.3 is 0 Å². The highest BCUT2D eigenvalue weighted by Gasteiger charge is 2.35. The van der Waals surface area contributed by atoms with Crippen molar-refractivity contribution in [2.45, 2.75) is 51.1 Å². The molecule has 0 amide bonds. The molecule has 2 fully saturated rings. The SMILES string of the molecule is Cc1cc(C(=O)CCC2CCN(CC3(F)CCOCC3)CC2)c2ncccc2c1N. The topological polar surface area (TPSA) is 68.5 Å². The molecule has 1 aromatic heterocycles. The predicted molar refractivity (Wildman–Crippen MR) is 118 cm³/mol. The number of benzene rings is 1. The number of pyridine rings is 1. The van der Waals surface area contributed by atoms with E-state index in [1.54, 1.807) is 6.20 Å². The van der Waals surface area contributed by atoms with E-state index in [0.717, 1.165) is 43.3 Å². The van der Waals surface area contributed by atoms with Crippen LogP contribution in [0, 0.1) is 12.8 Å². The molecule has 0 aliphatic carbocycles. The standard InChI is InChI=1S/C24H32FN3O2/c1-17-15-20(23-19(22(17)26)3-2-10-27-23)21(29)5-4-18-6-11-28(12-7-18)16-24(25)8-13-30-14-9-24/h2-3,10,15,18H,4-9,11-14,16,26H2,1H3. The number of piperidine rings is 1. The number of ketones is 1. The molecule has 0 bridgehead atoms. The fraction of sp³-hybridized carbons (Fsp3) is 0.583. The number of aryl methyl sites for hydroxylation is 1. The molecule has 2 N–H and O–H groups in total. The number of Topliss-reactive ketones (excluding diaryl/α,β-unsaturated/α-hetero) is 1. The molecule has 162 valence electrons. The van der Waals surface area contributed by atoms with Crippen molar-refractivity contribution in [3.8, 4) is 0 Å². The van der Waals surface area contributed by atoms with Crippen LogP contribution in [-0.4, -0.2) is 54.2 Å². The van der Waals surface area contributed by atoms with E-state index in [-0.39, 0.29) is 5.78 Å². The van der Waals surface area contributed by atoms with Crippen LogP contribution in [0.25, 0.3) is 10.9 Å². The fourth-order valence-electron chi connectivity index (χ4n) is 4.82. The van der Waals surface area contributed by atoms with Gasteiger partial charge in [0.15, 0.2) is 5.78 Å². The molecular weight excluding hydrogens is 381 g/mol. The third kappa shape index (κ3) is 4.65. The van der Waals surface area contributed by atoms with Crippen LogP contribution in [-0.2, 0) is 4.74 Å². The number of nitrogens with zero attached hydrogens (tertiary/aromatic N) is 2. The zero-order chi connectivity index (χ0) is 21.1. The largest absolute Gasteiger partial charge is 0.398 e. The summed E-state index contributed by atoms with van der Waals surface area (Å²) in [6.07, 6.45) is 6.16. The van der Waals surface area contributed by atoms with Gasteiger partial charge in [-0.05, 0) is 69.0 Å². The number of nitrogens with two attached hydrogens (primary N) is 1. The van der Waals surface area contributed by atoms with Crippen LogP contribution in [0.5, 0.6) is 0 Å². The van der Waals surface area contributed by atoms with E-state index in [1.807, 2.05) is 25.1 Å². The van der Waals surface area contributed by atoms with Gasteiger partial charge in [0.05, 0.1) is 5.52 Å². The van der Waals surface area contributed by atoms with Crippen molar-refractivity contribution >= 4 is 22.4 Å². The number of hydrogen-bond acceptors (Lipinski definition) is 5. The molecule has 0 spiro atoms. The second kappa shape index (κ2) is 8.98. The Balaban J connectivity index is 1.31. The van der Waals surface area contributed by atoms with Crippen LogP contribution in [0.2, 0.25) is 0 Å². The molecule has 0 saturated carbocycles. The van der Waals surface area contributed by atoms with Gasteiger partial charge in [-0.3, -0.25) is 9.78 Å². The van der Waals surface area contributed by atoms with E-state index in [0.29, 0.717) is 61.7 Å². The summed E-state index contributed by atoms with van der Waals surface area (Å²) in [6, 6.07) is 5.65. The van der Waals surface area contributed by atoms with Gasteiger partial charge in [0.2, 0.25) is 0 Å². The number of likely N-dealkylation sites (tertiary alicyclic amines) is 1. The lowest BCUT2D eigenvalue weighted by atomic mass is 9.88. The number of carbonyl (C=O) groups excluding carboxylic acids is 1. The van der Waals surface area contributed by atoms with Gasteiger partial charge in [0.1, 0.15) is 5.67 Å². The Hall–Kier alpha value is -2.05. The molecule has 2 aromatic rings. The highest BCUT2D eigenvalue weighted by molar-refractivity contribution is 6.09. The number of rotatable bonds is 6. The van der Waals surface area contributed by atoms with Crippen molar-refractivity contribution in [2.75, 3.05) is 38.6 Å². The number of halogens is 1. The van der Waals surface area contributed by atoms with Gasteiger partial charge in [-0.2, -0.15) is 0 Å². The summed E-state index contributed by atoms with van der Waals surface area (Å²) in [4.78, 5) is 19.7. The summed E-state index contributed by atoms with van der Waals surface area (Å²) >= 11 is 0. The number of hydrogen-bond donors (Lipinski definition) is 1. The van der Waals surface area contributed by atoms with Crippen molar-refractivity contribution in [1.29, 1.82) is 0 Å².